The summed E-state index contributed by atoms with van der Waals surface area (Å²) >= 11 is 3.55. The number of fused-ring (bicyclic) bond motifs is 1. The van der Waals surface area contributed by atoms with Gasteiger partial charge in [-0.1, -0.05) is 28.1 Å². The molecule has 3 aromatic rings. The number of aliphatic hydroxyl groups excluding tert-OH is 1. The van der Waals surface area contributed by atoms with E-state index in [2.05, 4.69) is 39.2 Å². The maximum absolute atomic E-state index is 12.5. The summed E-state index contributed by atoms with van der Waals surface area (Å²) in [5.74, 6) is 0. The molecule has 5 nitrogen and oxygen atoms in total. The van der Waals surface area contributed by atoms with Gasteiger partial charge in [0.15, 0.2) is 0 Å². The molecule has 0 aliphatic rings. The molecule has 0 aliphatic heterocycles. The molecule has 3 rings (SSSR count). The molecule has 124 valence electrons. The number of aromatic nitrogens is 2. The number of aliphatic hydroxyl groups is 1. The quantitative estimate of drug-likeness (QED) is 0.660. The van der Waals surface area contributed by atoms with Gasteiger partial charge < -0.3 is 10.4 Å². The van der Waals surface area contributed by atoms with Gasteiger partial charge in [-0.2, -0.15) is 0 Å². The fourth-order valence-corrected chi connectivity index (χ4v) is 2.99. The van der Waals surface area contributed by atoms with Crippen molar-refractivity contribution in [3.8, 4) is 11.1 Å². The van der Waals surface area contributed by atoms with Crippen LogP contribution < -0.4 is 10.9 Å². The Morgan fingerprint density at radius 1 is 1.33 bits per heavy atom. The number of nitrogens with one attached hydrogen (secondary N) is 1. The van der Waals surface area contributed by atoms with E-state index in [0.29, 0.717) is 24.3 Å². The zero-order valence-electron chi connectivity index (χ0n) is 13.3. The molecular weight excluding hydrogens is 370 g/mol. The molecule has 0 aliphatic carbocycles. The van der Waals surface area contributed by atoms with Crippen LogP contribution in [0.3, 0.4) is 0 Å². The second-order valence-corrected chi connectivity index (χ2v) is 6.40. The first-order valence-corrected chi connectivity index (χ1v) is 8.48. The molecule has 2 N–H and O–H groups in total. The molecule has 0 bridgehead atoms. The summed E-state index contributed by atoms with van der Waals surface area (Å²) < 4.78 is 2.60. The highest BCUT2D eigenvalue weighted by molar-refractivity contribution is 9.10. The minimum Gasteiger partial charge on any atom is -0.395 e. The van der Waals surface area contributed by atoms with E-state index in [9.17, 15) is 4.79 Å². The molecular formula is C18H18BrN3O2. The van der Waals surface area contributed by atoms with Crippen molar-refractivity contribution in [2.75, 3.05) is 13.2 Å². The van der Waals surface area contributed by atoms with Crippen molar-refractivity contribution in [3.63, 3.8) is 0 Å². The number of benzene rings is 1. The average Bonchev–Trinajstić information content (AvgIpc) is 2.59. The Balaban J connectivity index is 2.02. The summed E-state index contributed by atoms with van der Waals surface area (Å²) in [6.45, 7) is 2.93. The largest absolute Gasteiger partial charge is 0.395 e. The van der Waals surface area contributed by atoms with Gasteiger partial charge in [0.1, 0.15) is 5.65 Å². The first-order valence-electron chi connectivity index (χ1n) is 7.69. The Morgan fingerprint density at radius 3 is 2.96 bits per heavy atom. The summed E-state index contributed by atoms with van der Waals surface area (Å²) in [5, 5.41) is 11.8. The van der Waals surface area contributed by atoms with Crippen molar-refractivity contribution >= 4 is 21.6 Å². The smallest absolute Gasteiger partial charge is 0.262 e. The van der Waals surface area contributed by atoms with Crippen LogP contribution in [0.2, 0.25) is 0 Å². The van der Waals surface area contributed by atoms with Crippen LogP contribution in [-0.4, -0.2) is 27.6 Å². The Labute approximate surface area is 148 Å². The molecule has 6 heteroatoms. The first-order chi connectivity index (χ1) is 11.6. The molecule has 24 heavy (non-hydrogen) atoms. The highest BCUT2D eigenvalue weighted by Crippen LogP contribution is 2.28. The standard InChI is InChI=1S/C18H18BrN3O2/c1-12-15(3-2-4-16(12)19)13-5-7-22-17(9-13)21-11-14(18(22)24)10-20-6-8-23/h2-5,7,9,11,20,23H,6,8,10H2,1H3. The van der Waals surface area contributed by atoms with Crippen LogP contribution in [0.15, 0.2) is 52.0 Å². The van der Waals surface area contributed by atoms with E-state index in [1.54, 1.807) is 16.8 Å². The van der Waals surface area contributed by atoms with Gasteiger partial charge in [-0.15, -0.1) is 0 Å². The lowest BCUT2D eigenvalue weighted by Crippen LogP contribution is -2.26. The van der Waals surface area contributed by atoms with Crippen molar-refractivity contribution in [3.05, 3.63) is 68.7 Å². The molecule has 0 unspecified atom stereocenters. The van der Waals surface area contributed by atoms with Gasteiger partial charge in [0.2, 0.25) is 0 Å². The van der Waals surface area contributed by atoms with Crippen molar-refractivity contribution in [2.45, 2.75) is 13.5 Å². The SMILES string of the molecule is Cc1c(Br)cccc1-c1ccn2c(=O)c(CNCCO)cnc2c1. The highest BCUT2D eigenvalue weighted by Gasteiger charge is 2.08. The molecule has 0 atom stereocenters. The van der Waals surface area contributed by atoms with Crippen LogP contribution in [0.1, 0.15) is 11.1 Å². The van der Waals surface area contributed by atoms with Crippen molar-refractivity contribution in [1.29, 1.82) is 0 Å². The van der Waals surface area contributed by atoms with Gasteiger partial charge in [-0.3, -0.25) is 9.20 Å². The third-order valence-electron chi connectivity index (χ3n) is 3.96. The summed E-state index contributed by atoms with van der Waals surface area (Å²) in [4.78, 5) is 16.9. The molecule has 0 saturated carbocycles. The zero-order valence-corrected chi connectivity index (χ0v) is 14.9. The topological polar surface area (TPSA) is 66.6 Å². The van der Waals surface area contributed by atoms with Gasteiger partial charge in [0, 0.05) is 35.5 Å². The number of pyridine rings is 1. The fourth-order valence-electron chi connectivity index (χ4n) is 2.62. The van der Waals surface area contributed by atoms with E-state index >= 15 is 0 Å². The van der Waals surface area contributed by atoms with Gasteiger partial charge >= 0.3 is 0 Å². The highest BCUT2D eigenvalue weighted by atomic mass is 79.9. The minimum absolute atomic E-state index is 0.0394. The molecule has 0 fully saturated rings. The van der Waals surface area contributed by atoms with E-state index in [4.69, 9.17) is 5.11 Å². The minimum atomic E-state index is -0.0945. The van der Waals surface area contributed by atoms with Crippen molar-refractivity contribution in [2.24, 2.45) is 0 Å². The Kier molecular flexibility index (Phi) is 5.08. The molecule has 0 amide bonds. The van der Waals surface area contributed by atoms with Crippen molar-refractivity contribution < 1.29 is 5.11 Å². The molecule has 2 aromatic heterocycles. The maximum Gasteiger partial charge on any atom is 0.262 e. The van der Waals surface area contributed by atoms with Crippen LogP contribution in [0.5, 0.6) is 0 Å². The lowest BCUT2D eigenvalue weighted by atomic mass is 10.0. The summed E-state index contributed by atoms with van der Waals surface area (Å²) in [6.07, 6.45) is 3.36. The Morgan fingerprint density at radius 2 is 2.17 bits per heavy atom. The number of hydrogen-bond donors (Lipinski definition) is 2. The number of rotatable bonds is 5. The summed E-state index contributed by atoms with van der Waals surface area (Å²) in [5.41, 5.74) is 4.37. The summed E-state index contributed by atoms with van der Waals surface area (Å²) in [6, 6.07) is 9.90. The van der Waals surface area contributed by atoms with E-state index in [1.165, 1.54) is 0 Å². The van der Waals surface area contributed by atoms with E-state index in [-0.39, 0.29) is 12.2 Å². The van der Waals surface area contributed by atoms with Crippen LogP contribution in [0, 0.1) is 6.92 Å². The first kappa shape index (κ1) is 16.8. The van der Waals surface area contributed by atoms with E-state index in [0.717, 1.165) is 21.2 Å². The van der Waals surface area contributed by atoms with Crippen LogP contribution in [0.4, 0.5) is 0 Å². The monoisotopic (exact) mass is 387 g/mol. The van der Waals surface area contributed by atoms with Gasteiger partial charge in [-0.05, 0) is 41.8 Å². The number of halogens is 1. The van der Waals surface area contributed by atoms with Crippen LogP contribution in [-0.2, 0) is 6.54 Å². The molecule has 2 heterocycles. The second kappa shape index (κ2) is 7.25. The fraction of sp³-hybridized carbons (Fsp3) is 0.222. The lowest BCUT2D eigenvalue weighted by Gasteiger charge is -2.10. The van der Waals surface area contributed by atoms with Gasteiger partial charge in [-0.25, -0.2) is 4.98 Å². The zero-order chi connectivity index (χ0) is 17.1. The average molecular weight is 388 g/mol. The Bertz CT molecular complexity index is 937. The third kappa shape index (κ3) is 3.26. The second-order valence-electron chi connectivity index (χ2n) is 5.54. The molecule has 0 spiro atoms. The Hall–Kier alpha value is -2.02. The van der Waals surface area contributed by atoms with Crippen LogP contribution in [0.25, 0.3) is 16.8 Å². The van der Waals surface area contributed by atoms with Crippen LogP contribution >= 0.6 is 15.9 Å². The van der Waals surface area contributed by atoms with Gasteiger partial charge in [0.25, 0.3) is 5.56 Å². The summed E-state index contributed by atoms with van der Waals surface area (Å²) in [7, 11) is 0. The number of hydrogen-bond acceptors (Lipinski definition) is 4. The van der Waals surface area contributed by atoms with E-state index < -0.39 is 0 Å². The lowest BCUT2D eigenvalue weighted by molar-refractivity contribution is 0.292. The van der Waals surface area contributed by atoms with Crippen molar-refractivity contribution in [1.82, 2.24) is 14.7 Å². The number of nitrogens with zero attached hydrogens (tertiary/aromatic N) is 2. The predicted molar refractivity (Wildman–Crippen MR) is 98.1 cm³/mol. The third-order valence-corrected chi connectivity index (χ3v) is 4.82. The predicted octanol–water partition coefficient (Wildman–Crippen LogP) is 2.51. The van der Waals surface area contributed by atoms with E-state index in [1.807, 2.05) is 24.3 Å². The molecule has 0 radical (unpaired) electrons. The van der Waals surface area contributed by atoms with Gasteiger partial charge in [0.05, 0.1) is 6.61 Å². The maximum atomic E-state index is 12.5. The molecule has 1 aromatic carbocycles. The normalized spacial score (nSPS) is 11.1. The molecule has 0 saturated heterocycles.